The molecular formula is C14H22N2O2S2. The van der Waals surface area contributed by atoms with E-state index in [1.807, 2.05) is 11.5 Å². The third kappa shape index (κ3) is 3.49. The molecule has 1 aromatic rings. The molecule has 1 aliphatic heterocycles. The van der Waals surface area contributed by atoms with Crippen molar-refractivity contribution in [2.24, 2.45) is 0 Å². The molecule has 1 aromatic heterocycles. The van der Waals surface area contributed by atoms with E-state index in [1.54, 1.807) is 10.4 Å². The van der Waals surface area contributed by atoms with Gasteiger partial charge in [-0.05, 0) is 37.8 Å². The quantitative estimate of drug-likeness (QED) is 0.648. The van der Waals surface area contributed by atoms with E-state index in [1.165, 1.54) is 16.9 Å². The fourth-order valence-electron chi connectivity index (χ4n) is 2.18. The molecule has 2 heterocycles. The van der Waals surface area contributed by atoms with Crippen molar-refractivity contribution in [3.63, 3.8) is 0 Å². The molecule has 112 valence electrons. The molecule has 4 nitrogen and oxygen atoms in total. The Kier molecular flexibility index (Phi) is 5.37. The van der Waals surface area contributed by atoms with E-state index in [-0.39, 0.29) is 0 Å². The average molecular weight is 314 g/mol. The molecule has 6 heteroatoms. The Balaban J connectivity index is 2.16. The molecule has 0 fully saturated rings. The van der Waals surface area contributed by atoms with Crippen LogP contribution in [-0.4, -0.2) is 32.4 Å². The van der Waals surface area contributed by atoms with Gasteiger partial charge in [0.15, 0.2) is 0 Å². The minimum Gasteiger partial charge on any atom is -0.312 e. The van der Waals surface area contributed by atoms with Crippen molar-refractivity contribution < 1.29 is 8.42 Å². The Labute approximate surface area is 125 Å². The molecular weight excluding hydrogens is 292 g/mol. The molecule has 0 aromatic carbocycles. The Bertz CT molecular complexity index is 576. The Morgan fingerprint density at radius 1 is 1.45 bits per heavy atom. The van der Waals surface area contributed by atoms with Gasteiger partial charge in [0, 0.05) is 24.5 Å². The summed E-state index contributed by atoms with van der Waals surface area (Å²) in [4.78, 5) is 1.38. The zero-order chi connectivity index (χ0) is 14.6. The second kappa shape index (κ2) is 6.85. The van der Waals surface area contributed by atoms with Crippen molar-refractivity contribution in [2.75, 3.05) is 19.6 Å². The van der Waals surface area contributed by atoms with Crippen LogP contribution in [0.1, 0.15) is 31.6 Å². The van der Waals surface area contributed by atoms with Crippen molar-refractivity contribution in [3.8, 4) is 0 Å². The molecule has 0 unspecified atom stereocenters. The van der Waals surface area contributed by atoms with Gasteiger partial charge < -0.3 is 5.32 Å². The maximum absolute atomic E-state index is 12.7. The highest BCUT2D eigenvalue weighted by Crippen LogP contribution is 2.27. The zero-order valence-electron chi connectivity index (χ0n) is 12.1. The largest absolute Gasteiger partial charge is 0.312 e. The van der Waals surface area contributed by atoms with Gasteiger partial charge in [0.05, 0.1) is 4.90 Å². The first-order valence-corrected chi connectivity index (χ1v) is 9.30. The number of hydrogen-bond acceptors (Lipinski definition) is 4. The first kappa shape index (κ1) is 15.7. The van der Waals surface area contributed by atoms with Gasteiger partial charge >= 0.3 is 0 Å². The first-order chi connectivity index (χ1) is 9.55. The third-order valence-electron chi connectivity index (χ3n) is 3.43. The molecule has 0 radical (unpaired) electrons. The number of sulfonamides is 1. The van der Waals surface area contributed by atoms with Crippen LogP contribution >= 0.6 is 11.3 Å². The van der Waals surface area contributed by atoms with E-state index in [0.29, 0.717) is 24.5 Å². The van der Waals surface area contributed by atoms with E-state index < -0.39 is 10.0 Å². The lowest BCUT2D eigenvalue weighted by molar-refractivity contribution is 0.431. The van der Waals surface area contributed by atoms with Crippen LogP contribution in [0.3, 0.4) is 0 Å². The van der Waals surface area contributed by atoms with Crippen molar-refractivity contribution in [1.82, 2.24) is 9.62 Å². The summed E-state index contributed by atoms with van der Waals surface area (Å²) in [5, 5.41) is 5.14. The molecule has 0 aliphatic carbocycles. The van der Waals surface area contributed by atoms with E-state index in [0.717, 1.165) is 24.3 Å². The topological polar surface area (TPSA) is 49.4 Å². The lowest BCUT2D eigenvalue weighted by atomic mass is 10.1. The van der Waals surface area contributed by atoms with Crippen molar-refractivity contribution in [2.45, 2.75) is 38.1 Å². The summed E-state index contributed by atoms with van der Waals surface area (Å²) >= 11 is 1.51. The highest BCUT2D eigenvalue weighted by atomic mass is 32.2. The maximum Gasteiger partial charge on any atom is 0.244 e. The minimum atomic E-state index is -3.35. The summed E-state index contributed by atoms with van der Waals surface area (Å²) in [7, 11) is -3.35. The van der Waals surface area contributed by atoms with Crippen LogP contribution in [0.4, 0.5) is 0 Å². The fraction of sp³-hybridized carbons (Fsp3) is 0.571. The lowest BCUT2D eigenvalue weighted by Gasteiger charge is -2.24. The number of nitrogens with zero attached hydrogens (tertiary/aromatic N) is 1. The predicted octanol–water partition coefficient (Wildman–Crippen LogP) is 2.59. The van der Waals surface area contributed by atoms with Crippen LogP contribution in [-0.2, 0) is 16.6 Å². The van der Waals surface area contributed by atoms with Gasteiger partial charge in [0.1, 0.15) is 0 Å². The number of thiophene rings is 1. The van der Waals surface area contributed by atoms with Crippen LogP contribution in [0.5, 0.6) is 0 Å². The van der Waals surface area contributed by atoms with Gasteiger partial charge in [0.2, 0.25) is 10.0 Å². The van der Waals surface area contributed by atoms with Crippen LogP contribution in [0.15, 0.2) is 28.0 Å². The molecule has 0 amide bonds. The molecule has 0 spiro atoms. The Morgan fingerprint density at radius 2 is 2.25 bits per heavy atom. The molecule has 0 atom stereocenters. The second-order valence-electron chi connectivity index (χ2n) is 5.05. The van der Waals surface area contributed by atoms with E-state index >= 15 is 0 Å². The average Bonchev–Trinajstić information content (AvgIpc) is 2.89. The molecule has 1 aliphatic rings. The fourth-order valence-corrected chi connectivity index (χ4v) is 4.94. The van der Waals surface area contributed by atoms with E-state index in [2.05, 4.69) is 19.2 Å². The van der Waals surface area contributed by atoms with Crippen LogP contribution in [0.25, 0.3) is 0 Å². The molecule has 0 saturated carbocycles. The SMILES string of the molecule is CCCNCc1sccc1S(=O)(=O)N1CC=C(C)CC1. The molecule has 0 bridgehead atoms. The highest BCUT2D eigenvalue weighted by Gasteiger charge is 2.28. The minimum absolute atomic E-state index is 0.471. The first-order valence-electron chi connectivity index (χ1n) is 6.98. The number of hydrogen-bond donors (Lipinski definition) is 1. The summed E-state index contributed by atoms with van der Waals surface area (Å²) in [6.45, 7) is 6.76. The Morgan fingerprint density at radius 3 is 2.90 bits per heavy atom. The second-order valence-corrected chi connectivity index (χ2v) is 7.96. The standard InChI is InChI=1S/C14H22N2O2S2/c1-3-7-15-11-13-14(6-10-19-13)20(17,18)16-8-4-12(2)5-9-16/h4,6,10,15H,3,5,7-9,11H2,1-2H3. The van der Waals surface area contributed by atoms with Crippen LogP contribution in [0.2, 0.25) is 0 Å². The maximum atomic E-state index is 12.7. The van der Waals surface area contributed by atoms with Gasteiger partial charge in [0.25, 0.3) is 0 Å². The monoisotopic (exact) mass is 314 g/mol. The zero-order valence-corrected chi connectivity index (χ0v) is 13.7. The molecule has 1 N–H and O–H groups in total. The lowest BCUT2D eigenvalue weighted by Crippen LogP contribution is -2.35. The van der Waals surface area contributed by atoms with Gasteiger partial charge in [-0.1, -0.05) is 18.6 Å². The molecule has 2 rings (SSSR count). The number of rotatable bonds is 6. The van der Waals surface area contributed by atoms with Gasteiger partial charge in [-0.25, -0.2) is 8.42 Å². The summed E-state index contributed by atoms with van der Waals surface area (Å²) in [6.07, 6.45) is 3.87. The number of nitrogens with one attached hydrogen (secondary N) is 1. The van der Waals surface area contributed by atoms with Gasteiger partial charge in [-0.3, -0.25) is 0 Å². The van der Waals surface area contributed by atoms with Gasteiger partial charge in [-0.2, -0.15) is 4.31 Å². The van der Waals surface area contributed by atoms with Crippen LogP contribution in [0, 0.1) is 0 Å². The van der Waals surface area contributed by atoms with Crippen molar-refractivity contribution in [1.29, 1.82) is 0 Å². The third-order valence-corrected chi connectivity index (χ3v) is 6.43. The van der Waals surface area contributed by atoms with E-state index in [4.69, 9.17) is 0 Å². The smallest absolute Gasteiger partial charge is 0.244 e. The van der Waals surface area contributed by atoms with E-state index in [9.17, 15) is 8.42 Å². The summed E-state index contributed by atoms with van der Waals surface area (Å²) < 4.78 is 26.9. The predicted molar refractivity (Wildman–Crippen MR) is 83.4 cm³/mol. The van der Waals surface area contributed by atoms with Gasteiger partial charge in [-0.15, -0.1) is 11.3 Å². The van der Waals surface area contributed by atoms with Crippen molar-refractivity contribution in [3.05, 3.63) is 28.0 Å². The van der Waals surface area contributed by atoms with Crippen LogP contribution < -0.4 is 5.32 Å². The normalized spacial score (nSPS) is 17.2. The summed E-state index contributed by atoms with van der Waals surface area (Å²) in [5.74, 6) is 0. The molecule has 20 heavy (non-hydrogen) atoms. The van der Waals surface area contributed by atoms with Crippen molar-refractivity contribution >= 4 is 21.4 Å². The summed E-state index contributed by atoms with van der Waals surface area (Å²) in [5.41, 5.74) is 1.27. The summed E-state index contributed by atoms with van der Waals surface area (Å²) in [6, 6.07) is 1.73. The molecule has 0 saturated heterocycles. The Hall–Kier alpha value is -0.690. The highest BCUT2D eigenvalue weighted by molar-refractivity contribution is 7.89.